The molecule has 0 spiro atoms. The van der Waals surface area contributed by atoms with E-state index in [-0.39, 0.29) is 5.25 Å². The minimum atomic E-state index is 0.112. The van der Waals surface area contributed by atoms with E-state index in [4.69, 9.17) is 11.6 Å². The van der Waals surface area contributed by atoms with E-state index in [2.05, 4.69) is 22.6 Å². The van der Waals surface area contributed by atoms with Crippen molar-refractivity contribution < 1.29 is 0 Å². The van der Waals surface area contributed by atoms with Gasteiger partial charge in [0.2, 0.25) is 0 Å². The van der Waals surface area contributed by atoms with Gasteiger partial charge in [0, 0.05) is 23.2 Å². The SMILES string of the molecule is CC(S)c1sc(-c2cccnc2)nc1Cl. The second-order valence-corrected chi connectivity index (χ2v) is 5.26. The number of hydrogen-bond acceptors (Lipinski definition) is 4. The average Bonchev–Trinajstić information content (AvgIpc) is 2.62. The smallest absolute Gasteiger partial charge is 0.145 e. The van der Waals surface area contributed by atoms with E-state index in [9.17, 15) is 0 Å². The summed E-state index contributed by atoms with van der Waals surface area (Å²) in [5, 5.41) is 1.55. The van der Waals surface area contributed by atoms with E-state index in [0.717, 1.165) is 15.4 Å². The summed E-state index contributed by atoms with van der Waals surface area (Å²) in [6.07, 6.45) is 3.52. The van der Waals surface area contributed by atoms with Crippen LogP contribution < -0.4 is 0 Å². The van der Waals surface area contributed by atoms with Gasteiger partial charge in [-0.25, -0.2) is 4.98 Å². The molecule has 0 aliphatic heterocycles. The molecule has 0 amide bonds. The molecule has 0 radical (unpaired) electrons. The van der Waals surface area contributed by atoms with Gasteiger partial charge in [0.05, 0.1) is 4.88 Å². The number of hydrogen-bond donors (Lipinski definition) is 1. The Kier molecular flexibility index (Phi) is 3.29. The van der Waals surface area contributed by atoms with Crippen molar-refractivity contribution in [3.8, 4) is 10.6 Å². The maximum Gasteiger partial charge on any atom is 0.145 e. The van der Waals surface area contributed by atoms with Crippen molar-refractivity contribution >= 4 is 35.6 Å². The van der Waals surface area contributed by atoms with E-state index in [1.54, 1.807) is 23.7 Å². The number of nitrogens with zero attached hydrogens (tertiary/aromatic N) is 2. The molecule has 2 aromatic rings. The summed E-state index contributed by atoms with van der Waals surface area (Å²) in [4.78, 5) is 9.35. The van der Waals surface area contributed by atoms with Crippen LogP contribution in [-0.2, 0) is 0 Å². The highest BCUT2D eigenvalue weighted by Gasteiger charge is 2.13. The van der Waals surface area contributed by atoms with Crippen LogP contribution in [0.4, 0.5) is 0 Å². The first-order valence-corrected chi connectivity index (χ1v) is 6.14. The summed E-state index contributed by atoms with van der Waals surface area (Å²) in [6.45, 7) is 1.98. The fourth-order valence-corrected chi connectivity index (χ4v) is 2.84. The molecular weight excluding hydrogens is 248 g/mol. The van der Waals surface area contributed by atoms with Gasteiger partial charge in [-0.1, -0.05) is 11.6 Å². The predicted octanol–water partition coefficient (Wildman–Crippen LogP) is 3.85. The zero-order valence-corrected chi connectivity index (χ0v) is 10.5. The molecule has 0 N–H and O–H groups in total. The molecule has 5 heteroatoms. The van der Waals surface area contributed by atoms with Gasteiger partial charge in [0.1, 0.15) is 10.2 Å². The highest BCUT2D eigenvalue weighted by atomic mass is 35.5. The van der Waals surface area contributed by atoms with E-state index >= 15 is 0 Å². The van der Waals surface area contributed by atoms with Crippen molar-refractivity contribution in [2.24, 2.45) is 0 Å². The Balaban J connectivity index is 2.43. The highest BCUT2D eigenvalue weighted by molar-refractivity contribution is 7.80. The number of thiol groups is 1. The number of halogens is 1. The maximum absolute atomic E-state index is 6.02. The quantitative estimate of drug-likeness (QED) is 0.826. The topological polar surface area (TPSA) is 25.8 Å². The monoisotopic (exact) mass is 256 g/mol. The summed E-state index contributed by atoms with van der Waals surface area (Å²) < 4.78 is 0. The molecule has 0 aromatic carbocycles. The Morgan fingerprint density at radius 1 is 1.53 bits per heavy atom. The van der Waals surface area contributed by atoms with Crippen LogP contribution in [0.1, 0.15) is 17.1 Å². The number of thiazole rings is 1. The largest absolute Gasteiger partial charge is 0.264 e. The van der Waals surface area contributed by atoms with Crippen LogP contribution >= 0.6 is 35.6 Å². The van der Waals surface area contributed by atoms with Crippen molar-refractivity contribution in [1.82, 2.24) is 9.97 Å². The van der Waals surface area contributed by atoms with Gasteiger partial charge < -0.3 is 0 Å². The third-order valence-corrected chi connectivity index (χ3v) is 4.02. The molecule has 2 aromatic heterocycles. The highest BCUT2D eigenvalue weighted by Crippen LogP contribution is 2.36. The van der Waals surface area contributed by atoms with Crippen molar-refractivity contribution in [3.05, 3.63) is 34.6 Å². The Morgan fingerprint density at radius 3 is 2.87 bits per heavy atom. The zero-order valence-electron chi connectivity index (χ0n) is 8.01. The average molecular weight is 257 g/mol. The van der Waals surface area contributed by atoms with Gasteiger partial charge in [0.25, 0.3) is 0 Å². The van der Waals surface area contributed by atoms with Crippen LogP contribution in [0.2, 0.25) is 5.15 Å². The molecule has 2 rings (SSSR count). The lowest BCUT2D eigenvalue weighted by molar-refractivity contribution is 1.14. The molecule has 0 saturated carbocycles. The van der Waals surface area contributed by atoms with Gasteiger partial charge in [-0.15, -0.1) is 11.3 Å². The first-order chi connectivity index (χ1) is 7.18. The fourth-order valence-electron chi connectivity index (χ4n) is 1.18. The van der Waals surface area contributed by atoms with Crippen molar-refractivity contribution in [3.63, 3.8) is 0 Å². The lowest BCUT2D eigenvalue weighted by Crippen LogP contribution is -1.78. The molecule has 2 nitrogen and oxygen atoms in total. The van der Waals surface area contributed by atoms with Gasteiger partial charge >= 0.3 is 0 Å². The summed E-state index contributed by atoms with van der Waals surface area (Å²) in [7, 11) is 0. The fraction of sp³-hybridized carbons (Fsp3) is 0.200. The molecule has 15 heavy (non-hydrogen) atoms. The summed E-state index contributed by atoms with van der Waals surface area (Å²) >= 11 is 11.9. The van der Waals surface area contributed by atoms with Gasteiger partial charge in [-0.2, -0.15) is 12.6 Å². The summed E-state index contributed by atoms with van der Waals surface area (Å²) in [5.41, 5.74) is 0.990. The number of rotatable bonds is 2. The van der Waals surface area contributed by atoms with E-state index in [1.807, 2.05) is 19.1 Å². The normalized spacial score (nSPS) is 12.7. The molecule has 0 bridgehead atoms. The lowest BCUT2D eigenvalue weighted by atomic mass is 10.3. The van der Waals surface area contributed by atoms with Crippen LogP contribution in [0.3, 0.4) is 0 Å². The van der Waals surface area contributed by atoms with Gasteiger partial charge in [-0.05, 0) is 19.1 Å². The summed E-state index contributed by atoms with van der Waals surface area (Å²) in [6, 6.07) is 3.85. The molecule has 0 fully saturated rings. The van der Waals surface area contributed by atoms with Crippen molar-refractivity contribution in [2.45, 2.75) is 12.2 Å². The Hall–Kier alpha value is -0.580. The molecule has 0 aliphatic rings. The number of pyridine rings is 1. The van der Waals surface area contributed by atoms with Gasteiger partial charge in [0.15, 0.2) is 0 Å². The maximum atomic E-state index is 6.02. The molecule has 2 heterocycles. The van der Waals surface area contributed by atoms with E-state index in [1.165, 1.54) is 0 Å². The minimum absolute atomic E-state index is 0.112. The van der Waals surface area contributed by atoms with Crippen molar-refractivity contribution in [1.29, 1.82) is 0 Å². The standard InChI is InChI=1S/C10H9ClN2S2/c1-6(14)8-9(11)13-10(15-8)7-3-2-4-12-5-7/h2-6,14H,1H3. The first kappa shape index (κ1) is 10.9. The van der Waals surface area contributed by atoms with Crippen molar-refractivity contribution in [2.75, 3.05) is 0 Å². The molecule has 0 saturated heterocycles. The Morgan fingerprint density at radius 2 is 2.33 bits per heavy atom. The third kappa shape index (κ3) is 2.33. The van der Waals surface area contributed by atoms with E-state index < -0.39 is 0 Å². The second-order valence-electron chi connectivity index (χ2n) is 3.09. The van der Waals surface area contributed by atoms with Crippen LogP contribution in [-0.4, -0.2) is 9.97 Å². The molecule has 1 unspecified atom stereocenters. The molecule has 1 atom stereocenters. The zero-order chi connectivity index (χ0) is 10.8. The molecule has 0 aliphatic carbocycles. The number of aromatic nitrogens is 2. The van der Waals surface area contributed by atoms with Gasteiger partial charge in [-0.3, -0.25) is 4.98 Å². The Bertz CT molecular complexity index is 454. The van der Waals surface area contributed by atoms with Crippen LogP contribution in [0.15, 0.2) is 24.5 Å². The minimum Gasteiger partial charge on any atom is -0.264 e. The second kappa shape index (κ2) is 4.51. The molecular formula is C10H9ClN2S2. The lowest BCUT2D eigenvalue weighted by Gasteiger charge is -1.97. The first-order valence-electron chi connectivity index (χ1n) is 4.43. The van der Waals surface area contributed by atoms with Crippen LogP contribution in [0, 0.1) is 0 Å². The summed E-state index contributed by atoms with van der Waals surface area (Å²) in [5.74, 6) is 0. The third-order valence-electron chi connectivity index (χ3n) is 1.90. The van der Waals surface area contributed by atoms with Crippen LogP contribution in [0.5, 0.6) is 0 Å². The van der Waals surface area contributed by atoms with E-state index in [0.29, 0.717) is 5.15 Å². The predicted molar refractivity (Wildman–Crippen MR) is 67.8 cm³/mol. The molecule has 78 valence electrons. The van der Waals surface area contributed by atoms with Crippen LogP contribution in [0.25, 0.3) is 10.6 Å². The Labute approximate surface area is 103 Å².